The number of nitrogens with two attached hydrogens (primary N) is 1. The molecule has 10 heavy (non-hydrogen) atoms. The molecule has 0 rings (SSSR count). The van der Waals surface area contributed by atoms with Crippen molar-refractivity contribution in [2.75, 3.05) is 13.6 Å². The maximum absolute atomic E-state index is 5.89. The van der Waals surface area contributed by atoms with E-state index in [9.17, 15) is 0 Å². The molecule has 0 saturated carbocycles. The topological polar surface area (TPSA) is 38.0 Å². The van der Waals surface area contributed by atoms with Crippen molar-refractivity contribution in [3.63, 3.8) is 0 Å². The summed E-state index contributed by atoms with van der Waals surface area (Å²) in [6.45, 7) is 5.33. The third-order valence-electron chi connectivity index (χ3n) is 2.09. The van der Waals surface area contributed by atoms with E-state index in [0.29, 0.717) is 12.0 Å². The molecule has 0 aliphatic rings. The molecule has 2 heteroatoms. The summed E-state index contributed by atoms with van der Waals surface area (Å²) in [4.78, 5) is 0. The van der Waals surface area contributed by atoms with E-state index >= 15 is 0 Å². The molecule has 0 bridgehead atoms. The number of hydrogen-bond acceptors (Lipinski definition) is 2. The summed E-state index contributed by atoms with van der Waals surface area (Å²) in [5.41, 5.74) is 5.89. The molecule has 0 amide bonds. The van der Waals surface area contributed by atoms with Crippen LogP contribution in [0.4, 0.5) is 0 Å². The van der Waals surface area contributed by atoms with E-state index in [1.807, 2.05) is 7.05 Å². The monoisotopic (exact) mass is 144 g/mol. The maximum atomic E-state index is 5.89. The Kier molecular flexibility index (Phi) is 5.64. The summed E-state index contributed by atoms with van der Waals surface area (Å²) < 4.78 is 0. The van der Waals surface area contributed by atoms with Crippen LogP contribution < -0.4 is 11.1 Å². The van der Waals surface area contributed by atoms with Gasteiger partial charge in [0.2, 0.25) is 0 Å². The van der Waals surface area contributed by atoms with E-state index in [-0.39, 0.29) is 0 Å². The quantitative estimate of drug-likeness (QED) is 0.603. The highest BCUT2D eigenvalue weighted by molar-refractivity contribution is 4.71. The van der Waals surface area contributed by atoms with Gasteiger partial charge >= 0.3 is 0 Å². The maximum Gasteiger partial charge on any atom is 0.0193 e. The van der Waals surface area contributed by atoms with Gasteiger partial charge in [0.25, 0.3) is 0 Å². The van der Waals surface area contributed by atoms with Crippen LogP contribution in [0.5, 0.6) is 0 Å². The van der Waals surface area contributed by atoms with E-state index < -0.39 is 0 Å². The lowest BCUT2D eigenvalue weighted by Crippen LogP contribution is -2.38. The van der Waals surface area contributed by atoms with Crippen LogP contribution in [-0.2, 0) is 0 Å². The zero-order chi connectivity index (χ0) is 7.98. The van der Waals surface area contributed by atoms with Crippen LogP contribution >= 0.6 is 0 Å². The molecule has 62 valence electrons. The molecule has 0 spiro atoms. The van der Waals surface area contributed by atoms with Gasteiger partial charge in [-0.05, 0) is 13.0 Å². The fourth-order valence-corrected chi connectivity index (χ4v) is 1.30. The normalized spacial score (nSPS) is 14.1. The lowest BCUT2D eigenvalue weighted by atomic mass is 9.95. The SMILES string of the molecule is CCC(CC)C(N)CNC. The Morgan fingerprint density at radius 3 is 2.10 bits per heavy atom. The average Bonchev–Trinajstić information content (AvgIpc) is 1.91. The Bertz CT molecular complexity index is 69.7. The predicted octanol–water partition coefficient (Wildman–Crippen LogP) is 0.969. The van der Waals surface area contributed by atoms with Crippen molar-refractivity contribution in [2.24, 2.45) is 11.7 Å². The second-order valence-electron chi connectivity index (χ2n) is 2.80. The van der Waals surface area contributed by atoms with Crippen molar-refractivity contribution < 1.29 is 0 Å². The lowest BCUT2D eigenvalue weighted by molar-refractivity contribution is 0.386. The molecule has 3 N–H and O–H groups in total. The van der Waals surface area contributed by atoms with Gasteiger partial charge in [-0.1, -0.05) is 26.7 Å². The van der Waals surface area contributed by atoms with E-state index in [1.165, 1.54) is 12.8 Å². The first-order chi connectivity index (χ1) is 4.76. The molecule has 0 aromatic carbocycles. The molecule has 0 aliphatic heterocycles. The third-order valence-corrected chi connectivity index (χ3v) is 2.09. The van der Waals surface area contributed by atoms with Crippen molar-refractivity contribution in [3.05, 3.63) is 0 Å². The van der Waals surface area contributed by atoms with Gasteiger partial charge in [0.1, 0.15) is 0 Å². The first-order valence-corrected chi connectivity index (χ1v) is 4.16. The van der Waals surface area contributed by atoms with E-state index in [1.54, 1.807) is 0 Å². The second kappa shape index (κ2) is 5.69. The first-order valence-electron chi connectivity index (χ1n) is 4.16. The zero-order valence-corrected chi connectivity index (χ0v) is 7.35. The minimum absolute atomic E-state index is 0.333. The summed E-state index contributed by atoms with van der Waals surface area (Å²) in [6, 6.07) is 0.333. The van der Waals surface area contributed by atoms with Crippen LogP contribution in [0.3, 0.4) is 0 Å². The fraction of sp³-hybridized carbons (Fsp3) is 1.00. The van der Waals surface area contributed by atoms with Gasteiger partial charge in [0, 0.05) is 12.6 Å². The van der Waals surface area contributed by atoms with E-state index in [0.717, 1.165) is 6.54 Å². The number of likely N-dealkylation sites (N-methyl/N-ethyl adjacent to an activating group) is 1. The Labute approximate surface area is 64.2 Å². The Morgan fingerprint density at radius 2 is 1.80 bits per heavy atom. The van der Waals surface area contributed by atoms with Crippen molar-refractivity contribution in [2.45, 2.75) is 32.7 Å². The summed E-state index contributed by atoms with van der Waals surface area (Å²) in [6.07, 6.45) is 2.39. The molecule has 0 aromatic heterocycles. The van der Waals surface area contributed by atoms with Gasteiger partial charge in [-0.25, -0.2) is 0 Å². The van der Waals surface area contributed by atoms with Gasteiger partial charge in [-0.15, -0.1) is 0 Å². The summed E-state index contributed by atoms with van der Waals surface area (Å²) in [5.74, 6) is 0.687. The van der Waals surface area contributed by atoms with Gasteiger partial charge in [0.15, 0.2) is 0 Å². The van der Waals surface area contributed by atoms with Gasteiger partial charge in [0.05, 0.1) is 0 Å². The molecule has 0 aromatic rings. The molecule has 0 heterocycles. The number of nitrogens with one attached hydrogen (secondary N) is 1. The molecule has 1 unspecified atom stereocenters. The Balaban J connectivity index is 3.53. The second-order valence-corrected chi connectivity index (χ2v) is 2.80. The molecule has 1 atom stereocenters. The molecule has 0 fully saturated rings. The van der Waals surface area contributed by atoms with Crippen molar-refractivity contribution >= 4 is 0 Å². The Hall–Kier alpha value is -0.0800. The molecule has 0 radical (unpaired) electrons. The number of hydrogen-bond donors (Lipinski definition) is 2. The molecule has 0 saturated heterocycles. The predicted molar refractivity (Wildman–Crippen MR) is 46.0 cm³/mol. The highest BCUT2D eigenvalue weighted by Crippen LogP contribution is 2.09. The van der Waals surface area contributed by atoms with Gasteiger partial charge < -0.3 is 11.1 Å². The van der Waals surface area contributed by atoms with E-state index in [2.05, 4.69) is 19.2 Å². The first kappa shape index (κ1) is 9.92. The minimum atomic E-state index is 0.333. The van der Waals surface area contributed by atoms with Crippen molar-refractivity contribution in [1.29, 1.82) is 0 Å². The van der Waals surface area contributed by atoms with Gasteiger partial charge in [-0.2, -0.15) is 0 Å². The number of rotatable bonds is 5. The molecule has 2 nitrogen and oxygen atoms in total. The third kappa shape index (κ3) is 3.18. The van der Waals surface area contributed by atoms with Crippen LogP contribution in [0.1, 0.15) is 26.7 Å². The van der Waals surface area contributed by atoms with Crippen LogP contribution in [0.25, 0.3) is 0 Å². The smallest absolute Gasteiger partial charge is 0.0193 e. The average molecular weight is 144 g/mol. The highest BCUT2D eigenvalue weighted by Gasteiger charge is 2.11. The van der Waals surface area contributed by atoms with Crippen LogP contribution in [0.2, 0.25) is 0 Å². The summed E-state index contributed by atoms with van der Waals surface area (Å²) in [7, 11) is 1.95. The molecular weight excluding hydrogens is 124 g/mol. The van der Waals surface area contributed by atoms with Crippen molar-refractivity contribution in [3.8, 4) is 0 Å². The highest BCUT2D eigenvalue weighted by atomic mass is 14.9. The minimum Gasteiger partial charge on any atom is -0.326 e. The summed E-state index contributed by atoms with van der Waals surface area (Å²) in [5, 5.41) is 3.09. The summed E-state index contributed by atoms with van der Waals surface area (Å²) >= 11 is 0. The zero-order valence-electron chi connectivity index (χ0n) is 7.35. The van der Waals surface area contributed by atoms with Crippen LogP contribution in [0.15, 0.2) is 0 Å². The van der Waals surface area contributed by atoms with Crippen LogP contribution in [0, 0.1) is 5.92 Å². The lowest BCUT2D eigenvalue weighted by Gasteiger charge is -2.20. The van der Waals surface area contributed by atoms with Crippen LogP contribution in [-0.4, -0.2) is 19.6 Å². The molecule has 0 aliphatic carbocycles. The Morgan fingerprint density at radius 1 is 1.30 bits per heavy atom. The largest absolute Gasteiger partial charge is 0.326 e. The van der Waals surface area contributed by atoms with E-state index in [4.69, 9.17) is 5.73 Å². The fourth-order valence-electron chi connectivity index (χ4n) is 1.30. The van der Waals surface area contributed by atoms with Gasteiger partial charge in [-0.3, -0.25) is 0 Å². The van der Waals surface area contributed by atoms with Crippen molar-refractivity contribution in [1.82, 2.24) is 5.32 Å². The standard InChI is InChI=1S/C8H20N2/c1-4-7(5-2)8(9)6-10-3/h7-8,10H,4-6,9H2,1-3H3. The molecular formula is C8H20N2.